The first-order valence-corrected chi connectivity index (χ1v) is 17.0. The fraction of sp³-hybridized carbons (Fsp3) is 0.514. The van der Waals surface area contributed by atoms with Crippen LogP contribution >= 0.6 is 0 Å². The van der Waals surface area contributed by atoms with Crippen molar-refractivity contribution in [3.05, 3.63) is 77.8 Å². The number of aromatic nitrogens is 2. The van der Waals surface area contributed by atoms with Crippen LogP contribution in [0.4, 0.5) is 11.5 Å². The van der Waals surface area contributed by atoms with Gasteiger partial charge in [-0.25, -0.2) is 6.57 Å². The average molecular weight is 620 g/mol. The van der Waals surface area contributed by atoms with Crippen LogP contribution in [0.2, 0.25) is 0 Å². The van der Waals surface area contributed by atoms with Gasteiger partial charge in [-0.2, -0.15) is 9.97 Å². The Balaban J connectivity index is 1.22. The standard InChI is InChI=1S/C37H45N7O2/c1-4-34(45)44-22-21-43(24-28(44)23-38-2)35-30-16-20-42(32-14-9-12-27-11-5-6-13-29(27)32)25-31(30)39-36(40-35)46-26-37(17-7-8-18-37)33-15-10-19-41(33)3/h4-6,9,11-14,28,33H,1,7-8,10,15-26H2,3H3/t28-,33?/m0/s1. The van der Waals surface area contributed by atoms with Crippen molar-refractivity contribution in [2.24, 2.45) is 5.41 Å². The molecule has 3 aromatic rings. The highest BCUT2D eigenvalue weighted by Gasteiger charge is 2.46. The number of hydrogen-bond acceptors (Lipinski definition) is 7. The van der Waals surface area contributed by atoms with Gasteiger partial charge in [0.2, 0.25) is 12.5 Å². The Morgan fingerprint density at radius 3 is 2.67 bits per heavy atom. The van der Waals surface area contributed by atoms with Crippen molar-refractivity contribution in [2.75, 3.05) is 62.7 Å². The number of fused-ring (bicyclic) bond motifs is 2. The largest absolute Gasteiger partial charge is 0.463 e. The molecule has 1 saturated carbocycles. The molecule has 0 radical (unpaired) electrons. The third-order valence-corrected chi connectivity index (χ3v) is 11.0. The molecule has 1 aromatic heterocycles. The van der Waals surface area contributed by atoms with E-state index in [2.05, 4.69) is 75.6 Å². The van der Waals surface area contributed by atoms with Crippen LogP contribution in [0.1, 0.15) is 49.8 Å². The van der Waals surface area contributed by atoms with Crippen molar-refractivity contribution in [1.82, 2.24) is 19.8 Å². The Hall–Kier alpha value is -4.16. The minimum absolute atomic E-state index is 0.119. The maximum absolute atomic E-state index is 12.7. The lowest BCUT2D eigenvalue weighted by Crippen LogP contribution is -2.56. The monoisotopic (exact) mass is 619 g/mol. The number of benzene rings is 2. The number of piperazine rings is 1. The number of rotatable bonds is 8. The summed E-state index contributed by atoms with van der Waals surface area (Å²) in [4.78, 5) is 35.6. The van der Waals surface area contributed by atoms with Gasteiger partial charge in [0.05, 0.1) is 18.8 Å². The fourth-order valence-electron chi connectivity index (χ4n) is 8.67. The number of nitrogens with zero attached hydrogens (tertiary/aromatic N) is 7. The van der Waals surface area contributed by atoms with Gasteiger partial charge in [-0.1, -0.05) is 55.8 Å². The van der Waals surface area contributed by atoms with Crippen molar-refractivity contribution in [3.63, 3.8) is 0 Å². The molecule has 0 N–H and O–H groups in total. The highest BCUT2D eigenvalue weighted by Crippen LogP contribution is 2.46. The molecule has 4 aliphatic rings. The number of ether oxygens (including phenoxy) is 1. The summed E-state index contributed by atoms with van der Waals surface area (Å²) < 4.78 is 6.69. The second-order valence-electron chi connectivity index (χ2n) is 13.6. The summed E-state index contributed by atoms with van der Waals surface area (Å²) in [7, 11) is 2.27. The number of likely N-dealkylation sites (tertiary alicyclic amines) is 1. The number of carbonyl (C=O) groups is 1. The molecular formula is C37H45N7O2. The topological polar surface area (TPSA) is 69.4 Å². The molecule has 9 nitrogen and oxygen atoms in total. The molecule has 3 aliphatic heterocycles. The smallest absolute Gasteiger partial charge is 0.318 e. The maximum Gasteiger partial charge on any atom is 0.318 e. The van der Waals surface area contributed by atoms with E-state index in [-0.39, 0.29) is 23.9 Å². The zero-order chi connectivity index (χ0) is 31.7. The van der Waals surface area contributed by atoms with Crippen LogP contribution in [0.25, 0.3) is 15.6 Å². The lowest BCUT2D eigenvalue weighted by molar-refractivity contribution is -0.128. The minimum atomic E-state index is -0.220. The minimum Gasteiger partial charge on any atom is -0.463 e. The van der Waals surface area contributed by atoms with E-state index in [1.54, 1.807) is 4.90 Å². The number of anilines is 2. The van der Waals surface area contributed by atoms with Gasteiger partial charge in [-0.3, -0.25) is 4.79 Å². The highest BCUT2D eigenvalue weighted by atomic mass is 16.5. The molecule has 1 unspecified atom stereocenters. The fourth-order valence-corrected chi connectivity index (χ4v) is 8.67. The SMILES string of the molecule is [C-]#[N+]C[C@H]1CN(c2nc(OCC3(C4CCCN4C)CCCC3)nc3c2CCN(c2cccc4ccccc24)C3)CCN1C(=O)C=C. The predicted octanol–water partition coefficient (Wildman–Crippen LogP) is 5.35. The molecule has 0 spiro atoms. The summed E-state index contributed by atoms with van der Waals surface area (Å²) in [6.07, 6.45) is 9.52. The molecule has 3 fully saturated rings. The normalized spacial score (nSPS) is 22.9. The van der Waals surface area contributed by atoms with Crippen LogP contribution in [-0.2, 0) is 17.8 Å². The van der Waals surface area contributed by atoms with Gasteiger partial charge in [-0.15, -0.1) is 0 Å². The number of hydrogen-bond donors (Lipinski definition) is 0. The second-order valence-corrected chi connectivity index (χ2v) is 13.6. The van der Waals surface area contributed by atoms with Crippen molar-refractivity contribution < 1.29 is 9.53 Å². The number of amides is 1. The molecule has 2 atom stereocenters. The van der Waals surface area contributed by atoms with Crippen LogP contribution in [-0.4, -0.2) is 90.7 Å². The summed E-state index contributed by atoms with van der Waals surface area (Å²) in [5.74, 6) is 0.781. The summed E-state index contributed by atoms with van der Waals surface area (Å²) in [6.45, 7) is 16.5. The maximum atomic E-state index is 12.7. The lowest BCUT2D eigenvalue weighted by atomic mass is 9.78. The van der Waals surface area contributed by atoms with E-state index < -0.39 is 0 Å². The molecule has 9 heteroatoms. The molecule has 46 heavy (non-hydrogen) atoms. The van der Waals surface area contributed by atoms with Crippen molar-refractivity contribution in [1.29, 1.82) is 0 Å². The lowest BCUT2D eigenvalue weighted by Gasteiger charge is -2.41. The third-order valence-electron chi connectivity index (χ3n) is 11.0. The van der Waals surface area contributed by atoms with Crippen LogP contribution in [0.15, 0.2) is 55.1 Å². The Kier molecular flexibility index (Phi) is 8.56. The van der Waals surface area contributed by atoms with E-state index in [1.807, 2.05) is 0 Å². The highest BCUT2D eigenvalue weighted by molar-refractivity contribution is 5.94. The van der Waals surface area contributed by atoms with Gasteiger partial charge >= 0.3 is 6.01 Å². The molecular weight excluding hydrogens is 574 g/mol. The van der Waals surface area contributed by atoms with E-state index in [4.69, 9.17) is 21.3 Å². The Morgan fingerprint density at radius 2 is 1.89 bits per heavy atom. The molecule has 2 saturated heterocycles. The molecule has 0 bridgehead atoms. The third kappa shape index (κ3) is 5.68. The average Bonchev–Trinajstić information content (AvgIpc) is 3.76. The zero-order valence-corrected chi connectivity index (χ0v) is 27.0. The van der Waals surface area contributed by atoms with E-state index in [0.29, 0.717) is 44.8 Å². The Labute approximate surface area is 272 Å². The number of carbonyl (C=O) groups excluding carboxylic acids is 1. The van der Waals surface area contributed by atoms with Crippen LogP contribution in [0, 0.1) is 12.0 Å². The van der Waals surface area contributed by atoms with Gasteiger partial charge in [0, 0.05) is 54.3 Å². The van der Waals surface area contributed by atoms with E-state index in [0.717, 1.165) is 36.6 Å². The van der Waals surface area contributed by atoms with Gasteiger partial charge in [-0.05, 0) is 63.2 Å². The Morgan fingerprint density at radius 1 is 1.07 bits per heavy atom. The van der Waals surface area contributed by atoms with Gasteiger partial charge in [0.15, 0.2) is 0 Å². The summed E-state index contributed by atoms with van der Waals surface area (Å²) >= 11 is 0. The van der Waals surface area contributed by atoms with Crippen LogP contribution in [0.3, 0.4) is 0 Å². The molecule has 240 valence electrons. The van der Waals surface area contributed by atoms with E-state index >= 15 is 0 Å². The van der Waals surface area contributed by atoms with Crippen LogP contribution in [0.5, 0.6) is 6.01 Å². The van der Waals surface area contributed by atoms with E-state index in [9.17, 15) is 4.79 Å². The molecule has 4 heterocycles. The summed E-state index contributed by atoms with van der Waals surface area (Å²) in [5, 5.41) is 2.47. The first kappa shape index (κ1) is 30.5. The van der Waals surface area contributed by atoms with Crippen molar-refractivity contribution in [2.45, 2.75) is 63.6 Å². The quantitative estimate of drug-likeness (QED) is 0.249. The summed E-state index contributed by atoms with van der Waals surface area (Å²) in [5.41, 5.74) is 3.51. The molecule has 1 amide bonds. The second kappa shape index (κ2) is 12.9. The van der Waals surface area contributed by atoms with Crippen LogP contribution < -0.4 is 14.5 Å². The first-order valence-electron chi connectivity index (χ1n) is 17.0. The predicted molar refractivity (Wildman–Crippen MR) is 182 cm³/mol. The van der Waals surface area contributed by atoms with Gasteiger partial charge in [0.1, 0.15) is 11.9 Å². The summed E-state index contributed by atoms with van der Waals surface area (Å²) in [6, 6.07) is 15.8. The van der Waals surface area contributed by atoms with Gasteiger partial charge < -0.3 is 29.2 Å². The molecule has 1 aliphatic carbocycles. The van der Waals surface area contributed by atoms with Crippen molar-refractivity contribution in [3.8, 4) is 6.01 Å². The zero-order valence-electron chi connectivity index (χ0n) is 27.0. The van der Waals surface area contributed by atoms with Crippen molar-refractivity contribution >= 4 is 28.2 Å². The Bertz CT molecular complexity index is 1640. The molecule has 7 rings (SSSR count). The van der Waals surface area contributed by atoms with E-state index in [1.165, 1.54) is 61.1 Å². The first-order chi connectivity index (χ1) is 22.5. The molecule has 2 aromatic carbocycles. The van der Waals surface area contributed by atoms with Gasteiger partial charge in [0.25, 0.3) is 0 Å².